The van der Waals surface area contributed by atoms with Crippen molar-refractivity contribution in [3.8, 4) is 0 Å². The van der Waals surface area contributed by atoms with Crippen molar-refractivity contribution in [1.82, 2.24) is 9.59 Å². The Bertz CT molecular complexity index is 609. The van der Waals surface area contributed by atoms with Gasteiger partial charge < -0.3 is 5.11 Å². The molecule has 20 heavy (non-hydrogen) atoms. The highest BCUT2D eigenvalue weighted by molar-refractivity contribution is 9.10. The van der Waals surface area contributed by atoms with Gasteiger partial charge in [-0.3, -0.25) is 0 Å². The van der Waals surface area contributed by atoms with E-state index in [2.05, 4.69) is 25.5 Å². The Labute approximate surface area is 130 Å². The summed E-state index contributed by atoms with van der Waals surface area (Å²) in [7, 11) is 0. The van der Waals surface area contributed by atoms with Crippen molar-refractivity contribution in [3.63, 3.8) is 0 Å². The molecule has 0 amide bonds. The molecular weight excluding hydrogens is 343 g/mol. The van der Waals surface area contributed by atoms with Crippen LogP contribution in [0.15, 0.2) is 22.7 Å². The van der Waals surface area contributed by atoms with Gasteiger partial charge in [0, 0.05) is 11.8 Å². The summed E-state index contributed by atoms with van der Waals surface area (Å²) in [5.41, 5.74) is 1.52. The largest absolute Gasteiger partial charge is 0.387 e. The molecule has 0 aliphatic rings. The predicted octanol–water partition coefficient (Wildman–Crippen LogP) is 4.01. The van der Waals surface area contributed by atoms with Crippen LogP contribution in [0.3, 0.4) is 0 Å². The molecule has 0 aliphatic heterocycles. The van der Waals surface area contributed by atoms with Crippen LogP contribution < -0.4 is 0 Å². The molecular formula is C14H16BrFN2OS. The van der Waals surface area contributed by atoms with E-state index in [-0.39, 0.29) is 11.2 Å². The Kier molecular flexibility index (Phi) is 4.56. The number of halogens is 2. The number of nitrogens with zero attached hydrogens (tertiary/aromatic N) is 2. The second-order valence-electron chi connectivity index (χ2n) is 5.70. The van der Waals surface area contributed by atoms with E-state index in [9.17, 15) is 9.50 Å². The molecule has 1 N–H and O–H groups in total. The standard InChI is InChI=1S/C14H16BrFN2OS/c1-14(2,3)13-12(20-18-17-13)11(19)7-8-4-5-10(16)9(15)6-8/h4-6,11,19H,7H2,1-3H3. The zero-order valence-electron chi connectivity index (χ0n) is 11.5. The zero-order valence-corrected chi connectivity index (χ0v) is 13.9. The van der Waals surface area contributed by atoms with E-state index in [4.69, 9.17) is 0 Å². The molecule has 0 radical (unpaired) electrons. The maximum atomic E-state index is 13.2. The average molecular weight is 359 g/mol. The SMILES string of the molecule is CC(C)(C)c1nnsc1C(O)Cc1ccc(F)c(Br)c1. The predicted molar refractivity (Wildman–Crippen MR) is 81.4 cm³/mol. The topological polar surface area (TPSA) is 46.0 Å². The molecule has 0 fully saturated rings. The molecule has 2 aromatic rings. The van der Waals surface area contributed by atoms with Crippen LogP contribution in [0.2, 0.25) is 0 Å². The molecule has 2 rings (SSSR count). The smallest absolute Gasteiger partial charge is 0.137 e. The van der Waals surface area contributed by atoms with Crippen molar-refractivity contribution in [1.29, 1.82) is 0 Å². The van der Waals surface area contributed by atoms with E-state index in [1.165, 1.54) is 17.6 Å². The highest BCUT2D eigenvalue weighted by Crippen LogP contribution is 2.32. The molecule has 0 saturated heterocycles. The van der Waals surface area contributed by atoms with Gasteiger partial charge in [-0.15, -0.1) is 5.10 Å². The van der Waals surface area contributed by atoms with E-state index in [1.54, 1.807) is 12.1 Å². The normalized spacial score (nSPS) is 13.5. The van der Waals surface area contributed by atoms with Crippen LogP contribution >= 0.6 is 27.5 Å². The molecule has 0 aliphatic carbocycles. The highest BCUT2D eigenvalue weighted by atomic mass is 79.9. The van der Waals surface area contributed by atoms with Gasteiger partial charge in [0.05, 0.1) is 21.1 Å². The summed E-state index contributed by atoms with van der Waals surface area (Å²) < 4.78 is 17.6. The minimum Gasteiger partial charge on any atom is -0.387 e. The molecule has 1 aromatic heterocycles. The van der Waals surface area contributed by atoms with Crippen LogP contribution in [0.4, 0.5) is 4.39 Å². The lowest BCUT2D eigenvalue weighted by Gasteiger charge is -2.19. The van der Waals surface area contributed by atoms with E-state index in [1.807, 2.05) is 20.8 Å². The first-order valence-corrected chi connectivity index (χ1v) is 7.80. The summed E-state index contributed by atoms with van der Waals surface area (Å²) in [5.74, 6) is -0.307. The molecule has 6 heteroatoms. The van der Waals surface area contributed by atoms with Crippen LogP contribution in [-0.4, -0.2) is 14.7 Å². The average Bonchev–Trinajstić information content (AvgIpc) is 2.83. The Morgan fingerprint density at radius 3 is 2.70 bits per heavy atom. The first kappa shape index (κ1) is 15.5. The number of benzene rings is 1. The summed E-state index contributed by atoms with van der Waals surface area (Å²) in [4.78, 5) is 0.776. The van der Waals surface area contributed by atoms with Crippen LogP contribution in [0.25, 0.3) is 0 Å². The lowest BCUT2D eigenvalue weighted by atomic mass is 9.89. The third-order valence-corrected chi connectivity index (χ3v) is 4.37. The lowest BCUT2D eigenvalue weighted by molar-refractivity contribution is 0.179. The lowest BCUT2D eigenvalue weighted by Crippen LogP contribution is -2.16. The number of hydrogen-bond donors (Lipinski definition) is 1. The Balaban J connectivity index is 2.22. The maximum absolute atomic E-state index is 13.2. The summed E-state index contributed by atoms with van der Waals surface area (Å²) in [6.07, 6.45) is -0.271. The third kappa shape index (κ3) is 3.42. The van der Waals surface area contributed by atoms with E-state index >= 15 is 0 Å². The number of hydrogen-bond acceptors (Lipinski definition) is 4. The Morgan fingerprint density at radius 1 is 1.40 bits per heavy atom. The minimum atomic E-state index is -0.679. The van der Waals surface area contributed by atoms with Gasteiger partial charge in [0.15, 0.2) is 0 Å². The Hall–Kier alpha value is -0.850. The van der Waals surface area contributed by atoms with Gasteiger partial charge in [0.25, 0.3) is 0 Å². The molecule has 1 heterocycles. The summed E-state index contributed by atoms with van der Waals surface area (Å²) >= 11 is 4.37. The van der Waals surface area contributed by atoms with Crippen molar-refractivity contribution in [2.45, 2.75) is 38.7 Å². The van der Waals surface area contributed by atoms with Crippen molar-refractivity contribution in [2.24, 2.45) is 0 Å². The number of aliphatic hydroxyl groups excluding tert-OH is 1. The number of aliphatic hydroxyl groups is 1. The second-order valence-corrected chi connectivity index (χ2v) is 7.34. The summed E-state index contributed by atoms with van der Waals surface area (Å²) in [5, 5.41) is 14.5. The highest BCUT2D eigenvalue weighted by Gasteiger charge is 2.26. The summed E-state index contributed by atoms with van der Waals surface area (Å²) in [6.45, 7) is 6.11. The second kappa shape index (κ2) is 5.87. The molecule has 1 aromatic carbocycles. The van der Waals surface area contributed by atoms with Crippen LogP contribution in [0.5, 0.6) is 0 Å². The molecule has 0 bridgehead atoms. The van der Waals surface area contributed by atoms with Crippen molar-refractivity contribution < 1.29 is 9.50 Å². The number of aromatic nitrogens is 2. The fourth-order valence-corrected chi connectivity index (χ4v) is 3.19. The first-order valence-electron chi connectivity index (χ1n) is 6.23. The fraction of sp³-hybridized carbons (Fsp3) is 0.429. The van der Waals surface area contributed by atoms with Gasteiger partial charge in [-0.1, -0.05) is 31.3 Å². The number of rotatable bonds is 3. The minimum absolute atomic E-state index is 0.160. The third-order valence-electron chi connectivity index (χ3n) is 2.94. The van der Waals surface area contributed by atoms with Gasteiger partial charge >= 0.3 is 0 Å². The zero-order chi connectivity index (χ0) is 14.9. The van der Waals surface area contributed by atoms with E-state index in [0.29, 0.717) is 10.9 Å². The van der Waals surface area contributed by atoms with Crippen molar-refractivity contribution >= 4 is 27.5 Å². The van der Waals surface area contributed by atoms with Gasteiger partial charge in [0.1, 0.15) is 5.82 Å². The van der Waals surface area contributed by atoms with Gasteiger partial charge in [0.2, 0.25) is 0 Å². The van der Waals surface area contributed by atoms with Gasteiger partial charge in [-0.25, -0.2) is 4.39 Å². The molecule has 0 saturated carbocycles. The first-order chi connectivity index (χ1) is 9.29. The fourth-order valence-electron chi connectivity index (χ4n) is 1.92. The molecule has 1 unspecified atom stereocenters. The van der Waals surface area contributed by atoms with Crippen LogP contribution in [0.1, 0.15) is 43.0 Å². The van der Waals surface area contributed by atoms with Crippen molar-refractivity contribution in [3.05, 3.63) is 44.6 Å². The quantitative estimate of drug-likeness (QED) is 0.901. The van der Waals surface area contributed by atoms with Crippen LogP contribution in [-0.2, 0) is 11.8 Å². The van der Waals surface area contributed by atoms with Crippen molar-refractivity contribution in [2.75, 3.05) is 0 Å². The molecule has 1 atom stereocenters. The van der Waals surface area contributed by atoms with E-state index in [0.717, 1.165) is 16.1 Å². The monoisotopic (exact) mass is 358 g/mol. The van der Waals surface area contributed by atoms with Gasteiger partial charge in [-0.05, 0) is 45.2 Å². The maximum Gasteiger partial charge on any atom is 0.137 e. The Morgan fingerprint density at radius 2 is 2.10 bits per heavy atom. The molecule has 108 valence electrons. The van der Waals surface area contributed by atoms with Crippen LogP contribution in [0, 0.1) is 5.82 Å². The molecule has 3 nitrogen and oxygen atoms in total. The summed E-state index contributed by atoms with van der Waals surface area (Å²) in [6, 6.07) is 4.75. The molecule has 0 spiro atoms. The van der Waals surface area contributed by atoms with Gasteiger partial charge in [-0.2, -0.15) is 0 Å². The van der Waals surface area contributed by atoms with E-state index < -0.39 is 6.10 Å².